The van der Waals surface area contributed by atoms with Crippen LogP contribution in [0.25, 0.3) is 0 Å². The van der Waals surface area contributed by atoms with Crippen molar-refractivity contribution in [3.63, 3.8) is 0 Å². The first-order chi connectivity index (χ1) is 3.18. The molecule has 0 aromatic heterocycles. The van der Waals surface area contributed by atoms with E-state index in [-0.39, 0.29) is 0 Å². The normalized spacial score (nSPS) is 12.4. The van der Waals surface area contributed by atoms with Gasteiger partial charge in [-0.25, -0.2) is 0 Å². The van der Waals surface area contributed by atoms with Crippen molar-refractivity contribution in [2.24, 2.45) is 0 Å². The van der Waals surface area contributed by atoms with Gasteiger partial charge in [0.15, 0.2) is 0 Å². The predicted octanol–water partition coefficient (Wildman–Crippen LogP) is 0.734. The quantitative estimate of drug-likeness (QED) is 0.317. The maximum atomic E-state index is 3.07. The Kier molecular flexibility index (Phi) is 3.96. The van der Waals surface area contributed by atoms with E-state index in [4.69, 9.17) is 0 Å². The van der Waals surface area contributed by atoms with Gasteiger partial charge in [-0.3, -0.25) is 0 Å². The number of hydrazine groups is 1. The molecular formula is C4H13IN2. The summed E-state index contributed by atoms with van der Waals surface area (Å²) in [5.74, 6) is 0. The molecule has 0 unspecified atom stereocenters. The molecule has 0 saturated heterocycles. The summed E-state index contributed by atoms with van der Waals surface area (Å²) in [6.45, 7) is 0. The van der Waals surface area contributed by atoms with E-state index in [1.54, 1.807) is 0 Å². The van der Waals surface area contributed by atoms with Gasteiger partial charge in [-0.2, -0.15) is 0 Å². The minimum atomic E-state index is -0.687. The van der Waals surface area contributed by atoms with E-state index >= 15 is 0 Å². The van der Waals surface area contributed by atoms with Gasteiger partial charge in [-0.1, -0.05) is 0 Å². The molecule has 0 amide bonds. The number of nitrogens with zero attached hydrogens (tertiary/aromatic N) is 1. The average molecular weight is 216 g/mol. The monoisotopic (exact) mass is 216 g/mol. The second-order valence-corrected chi connectivity index (χ2v) is 6.95. The van der Waals surface area contributed by atoms with Gasteiger partial charge in [0.25, 0.3) is 0 Å². The minimum absolute atomic E-state index is 0.687. The van der Waals surface area contributed by atoms with Crippen LogP contribution in [0, 0.1) is 0 Å². The van der Waals surface area contributed by atoms with Crippen molar-refractivity contribution >= 4 is 20.1 Å². The summed E-state index contributed by atoms with van der Waals surface area (Å²) >= 11 is -0.687. The van der Waals surface area contributed by atoms with Crippen LogP contribution in [0.1, 0.15) is 0 Å². The van der Waals surface area contributed by atoms with Crippen LogP contribution >= 0.6 is 20.1 Å². The molecule has 0 aliphatic heterocycles. The third-order valence-electron chi connectivity index (χ3n) is 0.815. The molecule has 0 rings (SSSR count). The third kappa shape index (κ3) is 3.25. The van der Waals surface area contributed by atoms with Gasteiger partial charge in [-0.05, 0) is 0 Å². The molecule has 1 N–H and O–H groups in total. The Morgan fingerprint density at radius 3 is 1.86 bits per heavy atom. The zero-order chi connectivity index (χ0) is 5.86. The predicted molar refractivity (Wildman–Crippen MR) is 42.7 cm³/mol. The van der Waals surface area contributed by atoms with E-state index in [9.17, 15) is 0 Å². The van der Waals surface area contributed by atoms with Crippen molar-refractivity contribution in [2.75, 3.05) is 24.0 Å². The summed E-state index contributed by atoms with van der Waals surface area (Å²) in [5, 5.41) is 0. The molecule has 0 atom stereocenters. The number of halogens is 1. The van der Waals surface area contributed by atoms with Crippen molar-refractivity contribution in [1.82, 2.24) is 8.65 Å². The molecule has 2 nitrogen and oxygen atoms in total. The van der Waals surface area contributed by atoms with Crippen LogP contribution in [0.2, 0.25) is 0 Å². The molecule has 0 aromatic rings. The van der Waals surface area contributed by atoms with Crippen LogP contribution in [0.4, 0.5) is 0 Å². The van der Waals surface area contributed by atoms with Crippen LogP contribution in [0.5, 0.6) is 0 Å². The van der Waals surface area contributed by atoms with Gasteiger partial charge in [0.1, 0.15) is 0 Å². The topological polar surface area (TPSA) is 15.3 Å². The second-order valence-electron chi connectivity index (χ2n) is 1.42. The molecule has 0 heterocycles. The summed E-state index contributed by atoms with van der Waals surface area (Å²) < 4.78 is 2.20. The molecule has 0 bridgehead atoms. The van der Waals surface area contributed by atoms with E-state index in [1.165, 1.54) is 0 Å². The standard InChI is InChI=1S/C4H13IN2/c1-5(2)7(4)6-3/h6H,1-4H3. The number of alkyl halides is 2. The van der Waals surface area contributed by atoms with Crippen LogP contribution in [0.3, 0.4) is 0 Å². The summed E-state index contributed by atoms with van der Waals surface area (Å²) in [5.41, 5.74) is 3.07. The molecular weight excluding hydrogens is 203 g/mol. The van der Waals surface area contributed by atoms with Gasteiger partial charge < -0.3 is 0 Å². The molecule has 0 saturated carbocycles. The van der Waals surface area contributed by atoms with Crippen molar-refractivity contribution in [3.05, 3.63) is 0 Å². The van der Waals surface area contributed by atoms with Gasteiger partial charge >= 0.3 is 52.7 Å². The molecule has 0 aromatic carbocycles. The molecule has 0 aliphatic carbocycles. The van der Waals surface area contributed by atoms with E-state index in [1.807, 2.05) is 7.05 Å². The maximum absolute atomic E-state index is 3.07. The molecule has 0 spiro atoms. The Labute approximate surface area is 53.0 Å². The Morgan fingerprint density at radius 1 is 1.43 bits per heavy atom. The Bertz CT molecular complexity index is 47.0. The fourth-order valence-corrected chi connectivity index (χ4v) is 1.13. The van der Waals surface area contributed by atoms with Gasteiger partial charge in [-0.15, -0.1) is 0 Å². The van der Waals surface area contributed by atoms with E-state index in [0.717, 1.165) is 0 Å². The first kappa shape index (κ1) is 7.65. The summed E-state index contributed by atoms with van der Waals surface area (Å²) in [6.07, 6.45) is 0. The molecule has 0 radical (unpaired) electrons. The zero-order valence-corrected chi connectivity index (χ0v) is 7.48. The van der Waals surface area contributed by atoms with Crippen LogP contribution in [-0.4, -0.2) is 27.2 Å². The molecule has 46 valence electrons. The van der Waals surface area contributed by atoms with E-state index < -0.39 is 20.1 Å². The summed E-state index contributed by atoms with van der Waals surface area (Å²) in [7, 11) is 4.04. The van der Waals surface area contributed by atoms with Crippen LogP contribution in [0.15, 0.2) is 0 Å². The van der Waals surface area contributed by atoms with E-state index in [2.05, 4.69) is 25.6 Å². The average Bonchev–Trinajstić information content (AvgIpc) is 1.65. The number of hydrogen-bond donors (Lipinski definition) is 1. The van der Waals surface area contributed by atoms with Crippen molar-refractivity contribution in [1.29, 1.82) is 0 Å². The number of nitrogens with one attached hydrogen (secondary N) is 1. The van der Waals surface area contributed by atoms with Gasteiger partial charge in [0.05, 0.1) is 0 Å². The Morgan fingerprint density at radius 2 is 1.86 bits per heavy atom. The first-order valence-corrected chi connectivity index (χ1v) is 7.38. The third-order valence-corrected chi connectivity index (χ3v) is 4.19. The molecule has 7 heavy (non-hydrogen) atoms. The van der Waals surface area contributed by atoms with Crippen molar-refractivity contribution < 1.29 is 0 Å². The van der Waals surface area contributed by atoms with Gasteiger partial charge in [0.2, 0.25) is 0 Å². The summed E-state index contributed by atoms with van der Waals surface area (Å²) in [6, 6.07) is 0. The fourth-order valence-electron chi connectivity index (χ4n) is 0.169. The summed E-state index contributed by atoms with van der Waals surface area (Å²) in [4.78, 5) is 4.58. The zero-order valence-electron chi connectivity index (χ0n) is 5.33. The Hall–Kier alpha value is 0.650. The van der Waals surface area contributed by atoms with Crippen LogP contribution < -0.4 is 5.43 Å². The molecule has 0 aliphatic rings. The molecule has 3 heteroatoms. The molecule has 0 fully saturated rings. The number of rotatable bonds is 2. The second kappa shape index (κ2) is 3.63. The van der Waals surface area contributed by atoms with Crippen molar-refractivity contribution in [2.45, 2.75) is 0 Å². The fraction of sp³-hybridized carbons (Fsp3) is 1.00. The van der Waals surface area contributed by atoms with E-state index in [0.29, 0.717) is 0 Å². The SMILES string of the molecule is CNN(C)I(C)C. The first-order valence-electron chi connectivity index (χ1n) is 2.10. The van der Waals surface area contributed by atoms with Crippen LogP contribution in [-0.2, 0) is 0 Å². The number of hydrogen-bond acceptors (Lipinski definition) is 2. The van der Waals surface area contributed by atoms with Crippen molar-refractivity contribution in [3.8, 4) is 0 Å². The Balaban J connectivity index is 3.14. The van der Waals surface area contributed by atoms with Gasteiger partial charge in [0, 0.05) is 0 Å².